The first kappa shape index (κ1) is 21.4. The smallest absolute Gasteiger partial charge is 0.327 e. The van der Waals surface area contributed by atoms with E-state index in [1.165, 1.54) is 18.2 Å². The number of hydrogen-bond acceptors (Lipinski definition) is 6. The fourth-order valence-electron chi connectivity index (χ4n) is 2.69. The first-order chi connectivity index (χ1) is 13.0. The lowest BCUT2D eigenvalue weighted by molar-refractivity contribution is -0.385. The summed E-state index contributed by atoms with van der Waals surface area (Å²) in [7, 11) is -4.25. The molecule has 0 heterocycles. The van der Waals surface area contributed by atoms with Crippen molar-refractivity contribution < 1.29 is 22.9 Å². The summed E-state index contributed by atoms with van der Waals surface area (Å²) in [5.74, 6) is -0.719. The molecule has 0 aliphatic carbocycles. The van der Waals surface area contributed by atoms with E-state index in [4.69, 9.17) is 4.74 Å². The van der Waals surface area contributed by atoms with Crippen molar-refractivity contribution in [2.75, 3.05) is 10.8 Å². The Kier molecular flexibility index (Phi) is 6.40. The van der Waals surface area contributed by atoms with Crippen molar-refractivity contribution in [2.24, 2.45) is 0 Å². The van der Waals surface area contributed by atoms with Gasteiger partial charge in [0.15, 0.2) is 0 Å². The number of anilines is 1. The van der Waals surface area contributed by atoms with Crippen LogP contribution in [0.25, 0.3) is 0 Å². The average molecular weight is 406 g/mol. The van der Waals surface area contributed by atoms with Gasteiger partial charge in [-0.1, -0.05) is 23.8 Å². The first-order valence-corrected chi connectivity index (χ1v) is 10.0. The van der Waals surface area contributed by atoms with Crippen LogP contribution in [0, 0.1) is 24.0 Å². The Morgan fingerprint density at radius 1 is 1.18 bits per heavy atom. The predicted molar refractivity (Wildman–Crippen MR) is 105 cm³/mol. The number of nitro benzene ring substituents is 1. The molecule has 0 aromatic heterocycles. The Morgan fingerprint density at radius 3 is 2.43 bits per heavy atom. The molecule has 0 fully saturated rings. The van der Waals surface area contributed by atoms with Gasteiger partial charge >= 0.3 is 5.97 Å². The van der Waals surface area contributed by atoms with Crippen LogP contribution in [0.1, 0.15) is 25.0 Å². The molecule has 9 heteroatoms. The Bertz CT molecular complexity index is 1000. The summed E-state index contributed by atoms with van der Waals surface area (Å²) in [6, 6.07) is 9.84. The highest BCUT2D eigenvalue weighted by atomic mass is 32.2. The minimum Gasteiger partial charge on any atom is -0.462 e. The molecule has 0 amide bonds. The molecule has 0 N–H and O–H groups in total. The van der Waals surface area contributed by atoms with E-state index in [9.17, 15) is 23.3 Å². The molecule has 0 bridgehead atoms. The lowest BCUT2D eigenvalue weighted by Gasteiger charge is -2.25. The summed E-state index contributed by atoms with van der Waals surface area (Å²) in [6.45, 7) is 6.37. The van der Waals surface area contributed by atoms with Gasteiger partial charge in [-0.25, -0.2) is 8.42 Å². The van der Waals surface area contributed by atoms with Crippen LogP contribution in [0.2, 0.25) is 0 Å². The Labute approximate surface area is 163 Å². The zero-order valence-corrected chi connectivity index (χ0v) is 16.9. The third-order valence-corrected chi connectivity index (χ3v) is 5.63. The number of ether oxygens (including phenoxy) is 1. The SMILES string of the molecule is Cc1ccc(N(CC(=O)OC(C)C)S(=O)(=O)c2cccc([N+](=O)[O-])c2)c(C)c1. The van der Waals surface area contributed by atoms with Crippen LogP contribution in [0.5, 0.6) is 0 Å². The second-order valence-electron chi connectivity index (χ2n) is 6.59. The largest absolute Gasteiger partial charge is 0.462 e. The van der Waals surface area contributed by atoms with E-state index in [2.05, 4.69) is 0 Å². The topological polar surface area (TPSA) is 107 Å². The molecule has 0 aliphatic heterocycles. The summed E-state index contributed by atoms with van der Waals surface area (Å²) in [5, 5.41) is 11.0. The summed E-state index contributed by atoms with van der Waals surface area (Å²) >= 11 is 0. The van der Waals surface area contributed by atoms with Gasteiger partial charge in [0.05, 0.1) is 21.6 Å². The third-order valence-electron chi connectivity index (χ3n) is 3.88. The Hall–Kier alpha value is -2.94. The number of nitrogens with zero attached hydrogens (tertiary/aromatic N) is 2. The van der Waals surface area contributed by atoms with Gasteiger partial charge in [0.2, 0.25) is 0 Å². The fourth-order valence-corrected chi connectivity index (χ4v) is 4.20. The van der Waals surface area contributed by atoms with E-state index in [-0.39, 0.29) is 10.6 Å². The number of nitro groups is 1. The molecule has 2 aromatic carbocycles. The van der Waals surface area contributed by atoms with Gasteiger partial charge < -0.3 is 4.74 Å². The minimum absolute atomic E-state index is 0.279. The second kappa shape index (κ2) is 8.39. The van der Waals surface area contributed by atoms with Crippen LogP contribution >= 0.6 is 0 Å². The quantitative estimate of drug-likeness (QED) is 0.396. The maximum absolute atomic E-state index is 13.3. The minimum atomic E-state index is -4.25. The highest BCUT2D eigenvalue weighted by Gasteiger charge is 2.30. The van der Waals surface area contributed by atoms with Gasteiger partial charge in [-0.05, 0) is 45.4 Å². The molecule has 0 saturated carbocycles. The summed E-state index contributed by atoms with van der Waals surface area (Å²) < 4.78 is 32.6. The van der Waals surface area contributed by atoms with Crippen molar-refractivity contribution in [1.82, 2.24) is 0 Å². The maximum atomic E-state index is 13.3. The standard InChI is InChI=1S/C19H22N2O6S/c1-13(2)27-19(22)12-20(18-9-8-14(3)10-15(18)4)28(25,26)17-7-5-6-16(11-17)21(23)24/h5-11,13H,12H2,1-4H3. The zero-order valence-electron chi connectivity index (χ0n) is 16.1. The molecule has 0 radical (unpaired) electrons. The fraction of sp³-hybridized carbons (Fsp3) is 0.316. The second-order valence-corrected chi connectivity index (χ2v) is 8.46. The van der Waals surface area contributed by atoms with E-state index in [1.54, 1.807) is 39.0 Å². The monoisotopic (exact) mass is 406 g/mol. The van der Waals surface area contributed by atoms with Gasteiger partial charge in [0, 0.05) is 12.1 Å². The third kappa shape index (κ3) is 4.86. The average Bonchev–Trinajstić information content (AvgIpc) is 2.59. The van der Waals surface area contributed by atoms with Gasteiger partial charge in [-0.2, -0.15) is 0 Å². The molecule has 0 aliphatic rings. The van der Waals surface area contributed by atoms with Crippen LogP contribution < -0.4 is 4.31 Å². The van der Waals surface area contributed by atoms with Gasteiger partial charge in [0.25, 0.3) is 15.7 Å². The van der Waals surface area contributed by atoms with Crippen molar-refractivity contribution in [3.8, 4) is 0 Å². The molecular weight excluding hydrogens is 384 g/mol. The van der Waals surface area contributed by atoms with E-state index in [1.807, 2.05) is 6.92 Å². The number of sulfonamides is 1. The number of carbonyl (C=O) groups excluding carboxylic acids is 1. The molecule has 0 unspecified atom stereocenters. The lowest BCUT2D eigenvalue weighted by atomic mass is 10.1. The van der Waals surface area contributed by atoms with Crippen LogP contribution in [-0.2, 0) is 19.6 Å². The van der Waals surface area contributed by atoms with E-state index >= 15 is 0 Å². The van der Waals surface area contributed by atoms with Gasteiger partial charge in [-0.3, -0.25) is 19.2 Å². The highest BCUT2D eigenvalue weighted by Crippen LogP contribution is 2.29. The molecule has 8 nitrogen and oxygen atoms in total. The Balaban J connectivity index is 2.57. The molecule has 28 heavy (non-hydrogen) atoms. The molecule has 2 rings (SSSR count). The molecule has 150 valence electrons. The number of esters is 1. The summed E-state index contributed by atoms with van der Waals surface area (Å²) in [6.07, 6.45) is -0.408. The number of carbonyl (C=O) groups is 1. The number of hydrogen-bond donors (Lipinski definition) is 0. The van der Waals surface area contributed by atoms with Crippen molar-refractivity contribution in [1.29, 1.82) is 0 Å². The molecule has 0 saturated heterocycles. The first-order valence-electron chi connectivity index (χ1n) is 8.56. The van der Waals surface area contributed by atoms with Crippen molar-refractivity contribution in [2.45, 2.75) is 38.7 Å². The number of benzene rings is 2. The summed E-state index contributed by atoms with van der Waals surface area (Å²) in [5.41, 5.74) is 1.52. The van der Waals surface area contributed by atoms with Crippen LogP contribution in [0.4, 0.5) is 11.4 Å². The Morgan fingerprint density at radius 2 is 1.86 bits per heavy atom. The lowest BCUT2D eigenvalue weighted by Crippen LogP contribution is -2.37. The molecule has 2 aromatic rings. The predicted octanol–water partition coefficient (Wildman–Crippen LogP) is 3.36. The maximum Gasteiger partial charge on any atom is 0.327 e. The molecular formula is C19H22N2O6S. The zero-order chi connectivity index (χ0) is 21.1. The normalized spacial score (nSPS) is 11.3. The number of rotatable bonds is 7. The van der Waals surface area contributed by atoms with E-state index in [0.29, 0.717) is 11.3 Å². The van der Waals surface area contributed by atoms with Gasteiger partial charge in [-0.15, -0.1) is 0 Å². The van der Waals surface area contributed by atoms with E-state index < -0.39 is 33.6 Å². The van der Waals surface area contributed by atoms with Gasteiger partial charge in [0.1, 0.15) is 6.54 Å². The highest BCUT2D eigenvalue weighted by molar-refractivity contribution is 7.92. The van der Waals surface area contributed by atoms with Crippen molar-refractivity contribution >= 4 is 27.4 Å². The van der Waals surface area contributed by atoms with Crippen LogP contribution in [-0.4, -0.2) is 32.0 Å². The van der Waals surface area contributed by atoms with Crippen molar-refractivity contribution in [3.05, 3.63) is 63.7 Å². The molecule has 0 spiro atoms. The number of aryl methyl sites for hydroxylation is 2. The summed E-state index contributed by atoms with van der Waals surface area (Å²) in [4.78, 5) is 22.3. The molecule has 0 atom stereocenters. The van der Waals surface area contributed by atoms with E-state index in [0.717, 1.165) is 15.9 Å². The number of non-ortho nitro benzene ring substituents is 1. The van der Waals surface area contributed by atoms with Crippen LogP contribution in [0.15, 0.2) is 47.4 Å². The van der Waals surface area contributed by atoms with Crippen molar-refractivity contribution in [3.63, 3.8) is 0 Å². The van der Waals surface area contributed by atoms with Crippen LogP contribution in [0.3, 0.4) is 0 Å².